The van der Waals surface area contributed by atoms with E-state index in [1.165, 1.54) is 0 Å². The number of hydrogen-bond donors (Lipinski definition) is 0. The summed E-state index contributed by atoms with van der Waals surface area (Å²) in [6, 6.07) is 8.28. The van der Waals surface area contributed by atoms with Crippen LogP contribution in [-0.4, -0.2) is 14.1 Å². The van der Waals surface area contributed by atoms with Gasteiger partial charge >= 0.3 is 0 Å². The molecule has 0 saturated heterocycles. The first-order valence-electron chi connectivity index (χ1n) is 7.63. The van der Waals surface area contributed by atoms with Crippen LogP contribution in [0, 0.1) is 0 Å². The Bertz CT molecular complexity index is 848. The van der Waals surface area contributed by atoms with Crippen LogP contribution in [0.4, 0.5) is 0 Å². The first kappa shape index (κ1) is 16.6. The van der Waals surface area contributed by atoms with Crippen LogP contribution >= 0.6 is 12.4 Å². The largest absolute Gasteiger partial charge is 0.323 e. The number of imidazole rings is 1. The Balaban J connectivity index is 0.00000176. The van der Waals surface area contributed by atoms with E-state index in [0.29, 0.717) is 0 Å². The lowest BCUT2D eigenvalue weighted by Crippen LogP contribution is -2.23. The maximum atomic E-state index is 12.9. The zero-order valence-corrected chi connectivity index (χ0v) is 14.1. The molecule has 0 saturated carbocycles. The molecule has 3 aromatic rings. The van der Waals surface area contributed by atoms with Crippen molar-refractivity contribution in [2.75, 3.05) is 0 Å². The van der Waals surface area contributed by atoms with Crippen molar-refractivity contribution in [1.82, 2.24) is 14.1 Å². The number of nitrogens with zero attached hydrogens (tertiary/aromatic N) is 3. The van der Waals surface area contributed by atoms with Crippen LogP contribution in [0.3, 0.4) is 0 Å². The Kier molecular flexibility index (Phi) is 4.91. The molecule has 4 nitrogen and oxygen atoms in total. The van der Waals surface area contributed by atoms with Gasteiger partial charge in [0, 0.05) is 18.0 Å². The normalized spacial score (nSPS) is 11.3. The predicted molar refractivity (Wildman–Crippen MR) is 94.0 cm³/mol. The number of pyridine rings is 1. The van der Waals surface area contributed by atoms with E-state index in [4.69, 9.17) is 0 Å². The van der Waals surface area contributed by atoms with Crippen molar-refractivity contribution in [1.29, 1.82) is 0 Å². The van der Waals surface area contributed by atoms with Gasteiger partial charge in [-0.15, -0.1) is 12.4 Å². The fraction of sp³-hybridized carbons (Fsp3) is 0.412. The third-order valence-electron chi connectivity index (χ3n) is 3.98. The van der Waals surface area contributed by atoms with E-state index in [9.17, 15) is 4.79 Å². The lowest BCUT2D eigenvalue weighted by Gasteiger charge is -2.13. The first-order valence-corrected chi connectivity index (χ1v) is 7.63. The second kappa shape index (κ2) is 6.53. The van der Waals surface area contributed by atoms with Crippen molar-refractivity contribution in [2.24, 2.45) is 0 Å². The Hall–Kier alpha value is -1.81. The number of para-hydroxylation sites is 1. The fourth-order valence-corrected chi connectivity index (χ4v) is 2.85. The topological polar surface area (TPSA) is 39.8 Å². The van der Waals surface area contributed by atoms with E-state index < -0.39 is 0 Å². The lowest BCUT2D eigenvalue weighted by atomic mass is 10.1. The van der Waals surface area contributed by atoms with Crippen LogP contribution in [0.15, 0.2) is 35.4 Å². The molecule has 0 unspecified atom stereocenters. The number of benzene rings is 1. The molecule has 0 aliphatic rings. The summed E-state index contributed by atoms with van der Waals surface area (Å²) in [5.74, 6) is 0. The molecule has 0 spiro atoms. The molecule has 0 radical (unpaired) electrons. The molecule has 118 valence electrons. The minimum atomic E-state index is 0. The first-order chi connectivity index (χ1) is 10.1. The van der Waals surface area contributed by atoms with Gasteiger partial charge in [-0.25, -0.2) is 4.98 Å². The highest BCUT2D eigenvalue weighted by Gasteiger charge is 2.16. The summed E-state index contributed by atoms with van der Waals surface area (Å²) >= 11 is 0. The van der Waals surface area contributed by atoms with Crippen molar-refractivity contribution >= 4 is 34.3 Å². The summed E-state index contributed by atoms with van der Waals surface area (Å²) in [6.45, 7) is 7.05. The molecule has 5 heteroatoms. The van der Waals surface area contributed by atoms with Crippen molar-refractivity contribution in [3.05, 3.63) is 40.9 Å². The van der Waals surface area contributed by atoms with Crippen LogP contribution < -0.4 is 5.56 Å². The van der Waals surface area contributed by atoms with Crippen LogP contribution in [0.2, 0.25) is 0 Å². The van der Waals surface area contributed by atoms with Gasteiger partial charge in [0.05, 0.1) is 11.8 Å². The molecular weight excluding hydrogens is 298 g/mol. The van der Waals surface area contributed by atoms with Gasteiger partial charge in [0.1, 0.15) is 11.0 Å². The number of halogens is 1. The molecule has 0 bridgehead atoms. The lowest BCUT2D eigenvalue weighted by molar-refractivity contribution is 0.603. The molecule has 2 aromatic heterocycles. The average molecular weight is 320 g/mol. The molecule has 0 aliphatic carbocycles. The highest BCUT2D eigenvalue weighted by Crippen LogP contribution is 2.23. The zero-order chi connectivity index (χ0) is 15.0. The van der Waals surface area contributed by atoms with Gasteiger partial charge in [0.15, 0.2) is 0 Å². The monoisotopic (exact) mass is 319 g/mol. The summed E-state index contributed by atoms with van der Waals surface area (Å²) in [6.07, 6.45) is 3.86. The quantitative estimate of drug-likeness (QED) is 0.724. The molecule has 0 amide bonds. The van der Waals surface area contributed by atoms with E-state index in [1.807, 2.05) is 27.3 Å². The van der Waals surface area contributed by atoms with Gasteiger partial charge in [-0.3, -0.25) is 4.79 Å². The number of aryl methyl sites for hydroxylation is 1. The summed E-state index contributed by atoms with van der Waals surface area (Å²) < 4.78 is 3.88. The summed E-state index contributed by atoms with van der Waals surface area (Å²) in [5, 5.41) is 1.06. The summed E-state index contributed by atoms with van der Waals surface area (Å²) in [5.41, 5.74) is 2.60. The fourth-order valence-electron chi connectivity index (χ4n) is 2.85. The van der Waals surface area contributed by atoms with E-state index in [1.54, 1.807) is 6.33 Å². The highest BCUT2D eigenvalue weighted by atomic mass is 35.5. The Labute approximate surface area is 136 Å². The highest BCUT2D eigenvalue weighted by molar-refractivity contribution is 6.02. The molecule has 1 aromatic carbocycles. The number of hydrogen-bond acceptors (Lipinski definition) is 2. The van der Waals surface area contributed by atoms with E-state index >= 15 is 0 Å². The van der Waals surface area contributed by atoms with Gasteiger partial charge in [-0.2, -0.15) is 0 Å². The SMILES string of the molecule is CCCCn1c(=O)c2c(ncn2C(C)C)c2ccccc21.Cl. The van der Waals surface area contributed by atoms with Gasteiger partial charge < -0.3 is 9.13 Å². The van der Waals surface area contributed by atoms with Gasteiger partial charge in [0.2, 0.25) is 0 Å². The second-order valence-electron chi connectivity index (χ2n) is 5.77. The molecule has 2 heterocycles. The van der Waals surface area contributed by atoms with Gasteiger partial charge in [-0.05, 0) is 26.3 Å². The number of fused-ring (bicyclic) bond motifs is 3. The summed E-state index contributed by atoms with van der Waals surface area (Å²) in [7, 11) is 0. The Morgan fingerprint density at radius 3 is 2.64 bits per heavy atom. The standard InChI is InChI=1S/C17H21N3O.ClH/c1-4-5-10-19-14-9-7-6-8-13(14)15-16(17(19)21)20(11-18-15)12(2)3;/h6-9,11-12H,4-5,10H2,1-3H3;1H. The van der Waals surface area contributed by atoms with Crippen LogP contribution in [-0.2, 0) is 6.54 Å². The van der Waals surface area contributed by atoms with Crippen molar-refractivity contribution < 1.29 is 0 Å². The average Bonchev–Trinajstić information content (AvgIpc) is 2.93. The molecule has 22 heavy (non-hydrogen) atoms. The van der Waals surface area contributed by atoms with Crippen LogP contribution in [0.25, 0.3) is 21.9 Å². The third-order valence-corrected chi connectivity index (χ3v) is 3.98. The van der Waals surface area contributed by atoms with Crippen molar-refractivity contribution in [3.8, 4) is 0 Å². The molecule has 0 fully saturated rings. The van der Waals surface area contributed by atoms with Crippen LogP contribution in [0.5, 0.6) is 0 Å². The number of unbranched alkanes of at least 4 members (excludes halogenated alkanes) is 1. The zero-order valence-electron chi connectivity index (χ0n) is 13.2. The van der Waals surface area contributed by atoms with Crippen molar-refractivity contribution in [2.45, 2.75) is 46.2 Å². The van der Waals surface area contributed by atoms with Gasteiger partial charge in [-0.1, -0.05) is 31.5 Å². The maximum absolute atomic E-state index is 12.9. The molecule has 0 N–H and O–H groups in total. The maximum Gasteiger partial charge on any atom is 0.277 e. The minimum Gasteiger partial charge on any atom is -0.323 e. The minimum absolute atomic E-state index is 0. The molecule has 3 rings (SSSR count). The Morgan fingerprint density at radius 2 is 1.95 bits per heavy atom. The molecule has 0 aliphatic heterocycles. The summed E-state index contributed by atoms with van der Waals surface area (Å²) in [4.78, 5) is 17.4. The van der Waals surface area contributed by atoms with E-state index in [-0.39, 0.29) is 24.0 Å². The Morgan fingerprint density at radius 1 is 1.23 bits per heavy atom. The van der Waals surface area contributed by atoms with Gasteiger partial charge in [0.25, 0.3) is 5.56 Å². The van der Waals surface area contributed by atoms with Crippen LogP contribution in [0.1, 0.15) is 39.7 Å². The smallest absolute Gasteiger partial charge is 0.277 e. The van der Waals surface area contributed by atoms with E-state index in [0.717, 1.165) is 41.3 Å². The van der Waals surface area contributed by atoms with Crippen molar-refractivity contribution in [3.63, 3.8) is 0 Å². The number of rotatable bonds is 4. The predicted octanol–water partition coefficient (Wildman–Crippen LogP) is 4.15. The third kappa shape index (κ3) is 2.52. The molecule has 0 atom stereocenters. The second-order valence-corrected chi connectivity index (χ2v) is 5.77. The number of aromatic nitrogens is 3. The van der Waals surface area contributed by atoms with E-state index in [2.05, 4.69) is 31.8 Å². The molecular formula is C17H22ClN3O.